The summed E-state index contributed by atoms with van der Waals surface area (Å²) < 4.78 is 34.2. The number of piperidine rings is 1. The predicted molar refractivity (Wildman–Crippen MR) is 161 cm³/mol. The highest BCUT2D eigenvalue weighted by Gasteiger charge is 2.44. The molecule has 0 saturated carbocycles. The van der Waals surface area contributed by atoms with E-state index >= 15 is 0 Å². The molecule has 1 aromatic carbocycles. The monoisotopic (exact) mass is 579 g/mol. The fourth-order valence-corrected chi connectivity index (χ4v) is 6.05. The molecule has 0 spiro atoms. The van der Waals surface area contributed by atoms with Crippen LogP contribution < -0.4 is 20.3 Å². The summed E-state index contributed by atoms with van der Waals surface area (Å²) in [5.41, 5.74) is 0.846. The number of pyridine rings is 1. The molecule has 42 heavy (non-hydrogen) atoms. The average Bonchev–Trinajstić information content (AvgIpc) is 2.91. The third-order valence-corrected chi connectivity index (χ3v) is 8.40. The van der Waals surface area contributed by atoms with Crippen LogP contribution in [0.3, 0.4) is 0 Å². The van der Waals surface area contributed by atoms with Crippen molar-refractivity contribution in [1.82, 2.24) is 19.9 Å². The molecule has 9 nitrogen and oxygen atoms in total. The van der Waals surface area contributed by atoms with Crippen LogP contribution >= 0.6 is 0 Å². The number of aromatic nitrogens is 3. The molecular formula is C31H39F2N7O2. The Hall–Kier alpha value is -3.86. The number of ether oxygens (including phenoxy) is 1. The Morgan fingerprint density at radius 2 is 1.74 bits per heavy atom. The number of alkyl halides is 1. The van der Waals surface area contributed by atoms with Gasteiger partial charge in [-0.25, -0.2) is 18.7 Å². The Balaban J connectivity index is 1.42. The molecular weight excluding hydrogens is 540 g/mol. The van der Waals surface area contributed by atoms with Crippen LogP contribution in [0, 0.1) is 5.82 Å². The lowest BCUT2D eigenvalue weighted by Crippen LogP contribution is -2.61. The molecule has 2 aliphatic heterocycles. The average molecular weight is 580 g/mol. The number of benzene rings is 1. The summed E-state index contributed by atoms with van der Waals surface area (Å²) in [5.74, 6) is 0.183. The van der Waals surface area contributed by atoms with Crippen LogP contribution in [0.4, 0.5) is 32.1 Å². The van der Waals surface area contributed by atoms with Crippen molar-refractivity contribution in [1.29, 1.82) is 0 Å². The van der Waals surface area contributed by atoms with Gasteiger partial charge in [-0.05, 0) is 73.6 Å². The Labute approximate surface area is 245 Å². The Morgan fingerprint density at radius 3 is 2.43 bits per heavy atom. The van der Waals surface area contributed by atoms with Crippen molar-refractivity contribution in [3.63, 3.8) is 0 Å². The third kappa shape index (κ3) is 5.62. The van der Waals surface area contributed by atoms with Gasteiger partial charge in [-0.3, -0.25) is 14.6 Å². The van der Waals surface area contributed by atoms with Gasteiger partial charge in [0.25, 0.3) is 5.91 Å². The summed E-state index contributed by atoms with van der Waals surface area (Å²) in [4.78, 5) is 29.7. The SMILES string of the molecule is CN1C(C)(C)CC(Nc2nc(Nc3ccccc3-c3cnc4c(c3)OC(C)(C)C(=O)N4CCF)ncc2F)CC1(C)C. The predicted octanol–water partition coefficient (Wildman–Crippen LogP) is 5.96. The molecule has 1 saturated heterocycles. The van der Waals surface area contributed by atoms with Gasteiger partial charge in [0.2, 0.25) is 5.95 Å². The van der Waals surface area contributed by atoms with Crippen molar-refractivity contribution in [3.05, 3.63) is 48.5 Å². The number of rotatable bonds is 7. The van der Waals surface area contributed by atoms with Gasteiger partial charge in [0.15, 0.2) is 28.8 Å². The van der Waals surface area contributed by atoms with E-state index in [-0.39, 0.29) is 47.2 Å². The molecule has 2 aliphatic rings. The number of carbonyl (C=O) groups excluding carboxylic acids is 1. The van der Waals surface area contributed by atoms with E-state index in [0.29, 0.717) is 17.0 Å². The number of hydrogen-bond acceptors (Lipinski definition) is 8. The molecule has 3 aromatic rings. The van der Waals surface area contributed by atoms with Gasteiger partial charge < -0.3 is 15.4 Å². The van der Waals surface area contributed by atoms with Crippen molar-refractivity contribution >= 4 is 29.2 Å². The highest BCUT2D eigenvalue weighted by molar-refractivity contribution is 6.01. The number of likely N-dealkylation sites (tertiary alicyclic amines) is 1. The maximum absolute atomic E-state index is 14.9. The highest BCUT2D eigenvalue weighted by Crippen LogP contribution is 2.41. The van der Waals surface area contributed by atoms with Crippen LogP contribution in [0.15, 0.2) is 42.7 Å². The maximum atomic E-state index is 14.9. The molecule has 0 unspecified atom stereocenters. The lowest BCUT2D eigenvalue weighted by molar-refractivity contribution is -0.132. The molecule has 224 valence electrons. The van der Waals surface area contributed by atoms with Crippen LogP contribution in [0.25, 0.3) is 11.1 Å². The van der Waals surface area contributed by atoms with Gasteiger partial charge in [0.05, 0.1) is 12.7 Å². The van der Waals surface area contributed by atoms with E-state index in [1.165, 1.54) is 11.1 Å². The lowest BCUT2D eigenvalue weighted by atomic mass is 9.77. The number of fused-ring (bicyclic) bond motifs is 1. The van der Waals surface area contributed by atoms with Crippen molar-refractivity contribution in [2.75, 3.05) is 35.8 Å². The molecule has 2 N–H and O–H groups in total. The van der Waals surface area contributed by atoms with Crippen molar-refractivity contribution < 1.29 is 18.3 Å². The first kappa shape index (κ1) is 29.6. The molecule has 0 bridgehead atoms. The number of carbonyl (C=O) groups is 1. The molecule has 4 heterocycles. The second kappa shape index (κ2) is 10.8. The summed E-state index contributed by atoms with van der Waals surface area (Å²) in [6, 6.07) is 9.32. The van der Waals surface area contributed by atoms with Crippen LogP contribution in [-0.2, 0) is 4.79 Å². The molecule has 1 amide bonds. The summed E-state index contributed by atoms with van der Waals surface area (Å²) in [6.07, 6.45) is 4.45. The first-order chi connectivity index (χ1) is 19.7. The fourth-order valence-electron chi connectivity index (χ4n) is 6.05. The normalized spacial score (nSPS) is 19.6. The van der Waals surface area contributed by atoms with Crippen LogP contribution in [0.5, 0.6) is 5.75 Å². The highest BCUT2D eigenvalue weighted by atomic mass is 19.1. The van der Waals surface area contributed by atoms with Crippen LogP contribution in [0.2, 0.25) is 0 Å². The van der Waals surface area contributed by atoms with Gasteiger partial charge in [-0.15, -0.1) is 0 Å². The second-order valence-corrected chi connectivity index (χ2v) is 12.8. The summed E-state index contributed by atoms with van der Waals surface area (Å²) in [6.45, 7) is 11.3. The Morgan fingerprint density at radius 1 is 1.05 bits per heavy atom. The van der Waals surface area contributed by atoms with Crippen molar-refractivity contribution in [2.45, 2.75) is 77.1 Å². The summed E-state index contributed by atoms with van der Waals surface area (Å²) in [7, 11) is 2.13. The van der Waals surface area contributed by atoms with Gasteiger partial charge in [0, 0.05) is 40.1 Å². The van der Waals surface area contributed by atoms with Gasteiger partial charge in [-0.2, -0.15) is 4.98 Å². The smallest absolute Gasteiger partial charge is 0.271 e. The minimum absolute atomic E-state index is 0.0328. The summed E-state index contributed by atoms with van der Waals surface area (Å²) in [5, 5.41) is 6.56. The van der Waals surface area contributed by atoms with Crippen LogP contribution in [0.1, 0.15) is 54.4 Å². The van der Waals surface area contributed by atoms with Crippen LogP contribution in [-0.4, -0.2) is 68.7 Å². The van der Waals surface area contributed by atoms with E-state index < -0.39 is 18.1 Å². The fraction of sp³-hybridized carbons (Fsp3) is 0.484. The maximum Gasteiger partial charge on any atom is 0.271 e. The second-order valence-electron chi connectivity index (χ2n) is 12.8. The van der Waals surface area contributed by atoms with Gasteiger partial charge in [0.1, 0.15) is 6.67 Å². The number of nitrogens with zero attached hydrogens (tertiary/aromatic N) is 5. The zero-order valence-electron chi connectivity index (χ0n) is 25.3. The first-order valence-corrected chi connectivity index (χ1v) is 14.2. The quantitative estimate of drug-likeness (QED) is 0.354. The number of amides is 1. The van der Waals surface area contributed by atoms with E-state index in [4.69, 9.17) is 4.74 Å². The number of para-hydroxylation sites is 1. The lowest BCUT2D eigenvalue weighted by Gasteiger charge is -2.53. The largest absolute Gasteiger partial charge is 0.474 e. The van der Waals surface area contributed by atoms with Gasteiger partial charge in [-0.1, -0.05) is 18.2 Å². The van der Waals surface area contributed by atoms with Crippen molar-refractivity contribution in [3.8, 4) is 16.9 Å². The van der Waals surface area contributed by atoms with Gasteiger partial charge >= 0.3 is 0 Å². The molecule has 11 heteroatoms. The third-order valence-electron chi connectivity index (χ3n) is 8.40. The van der Waals surface area contributed by atoms with E-state index in [2.05, 4.69) is 65.2 Å². The number of anilines is 4. The molecule has 0 atom stereocenters. The number of nitrogens with one attached hydrogen (secondary N) is 2. The molecule has 5 rings (SSSR count). The first-order valence-electron chi connectivity index (χ1n) is 14.2. The minimum atomic E-state index is -1.16. The standard InChI is InChI=1S/C31H39F2N7O2/c1-29(2)15-20(16-30(3,4)39(29)7)36-25-22(33)18-35-28(38-25)37-23-11-9-8-10-21(23)19-14-24-26(34-17-19)40(13-12-32)27(41)31(5,6)42-24/h8-11,14,17-18,20H,12-13,15-16H2,1-7H3,(H2,35,36,37,38). The zero-order chi connectivity index (χ0) is 30.4. The molecule has 0 aliphatic carbocycles. The van der Waals surface area contributed by atoms with E-state index in [1.54, 1.807) is 26.1 Å². The minimum Gasteiger partial charge on any atom is -0.474 e. The molecule has 0 radical (unpaired) electrons. The number of halogens is 2. The summed E-state index contributed by atoms with van der Waals surface area (Å²) >= 11 is 0. The topological polar surface area (TPSA) is 95.5 Å². The number of hydrogen-bond donors (Lipinski definition) is 2. The van der Waals surface area contributed by atoms with Crippen molar-refractivity contribution in [2.24, 2.45) is 0 Å². The zero-order valence-corrected chi connectivity index (χ0v) is 25.3. The van der Waals surface area contributed by atoms with E-state index in [1.807, 2.05) is 24.3 Å². The molecule has 1 fully saturated rings. The van der Waals surface area contributed by atoms with E-state index in [9.17, 15) is 13.6 Å². The Bertz CT molecular complexity index is 1480. The Kier molecular flexibility index (Phi) is 7.59. The molecule has 2 aromatic heterocycles. The van der Waals surface area contributed by atoms with E-state index in [0.717, 1.165) is 18.4 Å².